The third kappa shape index (κ3) is 5.50. The van der Waals surface area contributed by atoms with E-state index in [1.165, 1.54) is 0 Å². The minimum atomic E-state index is -0.333. The van der Waals surface area contributed by atoms with Crippen LogP contribution < -0.4 is 11.5 Å². The fourth-order valence-electron chi connectivity index (χ4n) is 0.657. The lowest BCUT2D eigenvalue weighted by molar-refractivity contribution is -0.118. The van der Waals surface area contributed by atoms with Crippen molar-refractivity contribution in [2.24, 2.45) is 17.4 Å². The van der Waals surface area contributed by atoms with E-state index in [1.54, 1.807) is 6.42 Å². The largest absolute Gasteiger partial charge is 0.393 e. The van der Waals surface area contributed by atoms with Gasteiger partial charge in [0, 0.05) is 12.8 Å². The lowest BCUT2D eigenvalue weighted by Crippen LogP contribution is -2.19. The fraction of sp³-hybridized carbons (Fsp3) is 0.500. The Morgan fingerprint density at radius 2 is 2.20 bits per heavy atom. The summed E-state index contributed by atoms with van der Waals surface area (Å²) < 4.78 is 0. The molecule has 1 atom stereocenters. The van der Waals surface area contributed by atoms with E-state index in [0.717, 1.165) is 0 Å². The number of thiocarbonyl (C=S) groups is 1. The zero-order valence-corrected chi connectivity index (χ0v) is 6.65. The molecule has 0 saturated heterocycles. The van der Waals surface area contributed by atoms with Crippen LogP contribution in [0, 0.1) is 12.3 Å². The molecule has 0 spiro atoms. The molecule has 0 aromatic heterocycles. The summed E-state index contributed by atoms with van der Waals surface area (Å²) in [6.07, 6.45) is 1.94. The predicted octanol–water partition coefficient (Wildman–Crippen LogP) is -0.0117. The summed E-state index contributed by atoms with van der Waals surface area (Å²) >= 11 is 4.59. The van der Waals surface area contributed by atoms with Gasteiger partial charge in [0.1, 0.15) is 0 Å². The van der Waals surface area contributed by atoms with Crippen LogP contribution in [0.1, 0.15) is 13.3 Å². The number of carbonyl (C=O) groups excluding carboxylic acids is 1. The molecular weight excluding hydrogens is 148 g/mol. The number of carbonyl (C=O) groups is 1. The van der Waals surface area contributed by atoms with Crippen LogP contribution in [0.25, 0.3) is 0 Å². The molecule has 0 aliphatic heterocycles. The monoisotopic (exact) mass is 159 g/mol. The predicted molar refractivity (Wildman–Crippen MR) is 44.1 cm³/mol. The normalized spacial score (nSPS) is 12.5. The molecule has 1 radical (unpaired) electrons. The highest BCUT2D eigenvalue weighted by Gasteiger charge is 2.06. The van der Waals surface area contributed by atoms with Crippen LogP contribution >= 0.6 is 12.2 Å². The van der Waals surface area contributed by atoms with Gasteiger partial charge < -0.3 is 11.5 Å². The lowest BCUT2D eigenvalue weighted by Gasteiger charge is -2.05. The summed E-state index contributed by atoms with van der Waals surface area (Å²) in [6, 6.07) is 0. The lowest BCUT2D eigenvalue weighted by atomic mass is 10.0. The number of nitrogens with two attached hydrogens (primary N) is 2. The Labute approximate surface area is 65.8 Å². The minimum absolute atomic E-state index is 0.0509. The Balaban J connectivity index is 3.53. The molecule has 4 heteroatoms. The Hall–Kier alpha value is -0.640. The topological polar surface area (TPSA) is 69.1 Å². The molecule has 57 valence electrons. The third-order valence-corrected chi connectivity index (χ3v) is 1.11. The van der Waals surface area contributed by atoms with Crippen LogP contribution in [-0.4, -0.2) is 10.9 Å². The first-order chi connectivity index (χ1) is 4.52. The van der Waals surface area contributed by atoms with Gasteiger partial charge in [0.05, 0.1) is 4.99 Å². The zero-order chi connectivity index (χ0) is 8.15. The molecule has 0 saturated carbocycles. The quantitative estimate of drug-likeness (QED) is 0.567. The number of amides is 1. The molecule has 0 aromatic carbocycles. The Morgan fingerprint density at radius 1 is 1.70 bits per heavy atom. The Bertz CT molecular complexity index is 131. The van der Waals surface area contributed by atoms with E-state index in [0.29, 0.717) is 11.4 Å². The van der Waals surface area contributed by atoms with Crippen LogP contribution in [0.4, 0.5) is 0 Å². The van der Waals surface area contributed by atoms with Crippen LogP contribution in [0.5, 0.6) is 0 Å². The van der Waals surface area contributed by atoms with Crippen molar-refractivity contribution in [2.45, 2.75) is 13.3 Å². The fourth-order valence-corrected chi connectivity index (χ4v) is 0.889. The van der Waals surface area contributed by atoms with Gasteiger partial charge in [0.2, 0.25) is 5.91 Å². The average molecular weight is 159 g/mol. The van der Waals surface area contributed by atoms with E-state index in [1.807, 2.05) is 6.92 Å². The first-order valence-corrected chi connectivity index (χ1v) is 3.36. The van der Waals surface area contributed by atoms with Crippen molar-refractivity contribution < 1.29 is 4.79 Å². The van der Waals surface area contributed by atoms with Crippen LogP contribution in [0.2, 0.25) is 0 Å². The highest BCUT2D eigenvalue weighted by Crippen LogP contribution is 2.04. The maximum absolute atomic E-state index is 10.3. The molecule has 0 unspecified atom stereocenters. The van der Waals surface area contributed by atoms with Crippen molar-refractivity contribution in [2.75, 3.05) is 0 Å². The first kappa shape index (κ1) is 9.36. The summed E-state index contributed by atoms with van der Waals surface area (Å²) in [4.78, 5) is 10.6. The van der Waals surface area contributed by atoms with E-state index in [9.17, 15) is 4.79 Å². The van der Waals surface area contributed by atoms with Crippen molar-refractivity contribution in [3.63, 3.8) is 0 Å². The molecule has 10 heavy (non-hydrogen) atoms. The second-order valence-corrected chi connectivity index (χ2v) is 2.69. The first-order valence-electron chi connectivity index (χ1n) is 2.95. The summed E-state index contributed by atoms with van der Waals surface area (Å²) in [5.74, 6) is -0.282. The summed E-state index contributed by atoms with van der Waals surface area (Å²) in [7, 11) is 0. The van der Waals surface area contributed by atoms with Gasteiger partial charge in [-0.15, -0.1) is 0 Å². The molecule has 0 aromatic rings. The molecule has 0 fully saturated rings. The average Bonchev–Trinajstić information content (AvgIpc) is 1.58. The third-order valence-electron chi connectivity index (χ3n) is 0.972. The van der Waals surface area contributed by atoms with Crippen LogP contribution in [-0.2, 0) is 4.79 Å². The van der Waals surface area contributed by atoms with Gasteiger partial charge in [-0.2, -0.15) is 0 Å². The Kier molecular flexibility index (Phi) is 3.95. The molecule has 1 amide bonds. The smallest absolute Gasteiger partial charge is 0.217 e. The van der Waals surface area contributed by atoms with Crippen molar-refractivity contribution in [3.05, 3.63) is 6.42 Å². The number of hydrogen-bond acceptors (Lipinski definition) is 2. The van der Waals surface area contributed by atoms with Crippen molar-refractivity contribution in [1.82, 2.24) is 0 Å². The standard InChI is InChI=1S/C6H11N2OS/c1-4(2-5(7)9)3-6(8)10/h3-4H,2H2,1H3,(H2,7,9)(H2,8,10)/t4-/m1/s1. The van der Waals surface area contributed by atoms with Gasteiger partial charge in [0.25, 0.3) is 0 Å². The summed E-state index contributed by atoms with van der Waals surface area (Å²) in [5.41, 5.74) is 10.1. The van der Waals surface area contributed by atoms with Gasteiger partial charge in [-0.1, -0.05) is 19.1 Å². The van der Waals surface area contributed by atoms with Crippen molar-refractivity contribution in [3.8, 4) is 0 Å². The second kappa shape index (κ2) is 4.22. The molecule has 3 nitrogen and oxygen atoms in total. The zero-order valence-electron chi connectivity index (χ0n) is 5.83. The van der Waals surface area contributed by atoms with Gasteiger partial charge >= 0.3 is 0 Å². The highest BCUT2D eigenvalue weighted by molar-refractivity contribution is 7.80. The summed E-state index contributed by atoms with van der Waals surface area (Å²) in [6.45, 7) is 1.84. The SMILES string of the molecule is C[C@@H]([CH]C(N)=S)CC(N)=O. The molecule has 0 bridgehead atoms. The number of hydrogen-bond donors (Lipinski definition) is 2. The maximum Gasteiger partial charge on any atom is 0.217 e. The van der Waals surface area contributed by atoms with Crippen molar-refractivity contribution >= 4 is 23.1 Å². The second-order valence-electron chi connectivity index (χ2n) is 2.22. The van der Waals surface area contributed by atoms with Gasteiger partial charge in [0.15, 0.2) is 0 Å². The van der Waals surface area contributed by atoms with Gasteiger partial charge in [-0.05, 0) is 5.92 Å². The van der Waals surface area contributed by atoms with Crippen LogP contribution in [0.3, 0.4) is 0 Å². The minimum Gasteiger partial charge on any atom is -0.393 e. The number of rotatable bonds is 4. The van der Waals surface area contributed by atoms with Gasteiger partial charge in [-0.25, -0.2) is 0 Å². The van der Waals surface area contributed by atoms with E-state index >= 15 is 0 Å². The highest BCUT2D eigenvalue weighted by atomic mass is 32.1. The van der Waals surface area contributed by atoms with E-state index in [2.05, 4.69) is 12.2 Å². The Morgan fingerprint density at radius 3 is 2.50 bits per heavy atom. The van der Waals surface area contributed by atoms with E-state index in [4.69, 9.17) is 11.5 Å². The molecule has 0 rings (SSSR count). The molecule has 0 aliphatic rings. The maximum atomic E-state index is 10.3. The van der Waals surface area contributed by atoms with Crippen LogP contribution in [0.15, 0.2) is 0 Å². The molecular formula is C6H11N2OS. The summed E-state index contributed by atoms with van der Waals surface area (Å²) in [5, 5.41) is 0. The van der Waals surface area contributed by atoms with E-state index in [-0.39, 0.29) is 11.8 Å². The molecule has 0 aliphatic carbocycles. The van der Waals surface area contributed by atoms with Gasteiger partial charge in [-0.3, -0.25) is 4.79 Å². The number of primary amides is 1. The molecule has 0 heterocycles. The van der Waals surface area contributed by atoms with E-state index < -0.39 is 0 Å². The van der Waals surface area contributed by atoms with Crippen molar-refractivity contribution in [1.29, 1.82) is 0 Å². The molecule has 4 N–H and O–H groups in total.